The first-order valence-electron chi connectivity index (χ1n) is 35.7. The molecule has 0 fully saturated rings. The van der Waals surface area contributed by atoms with E-state index < -0.39 is 318 Å². The van der Waals surface area contributed by atoms with Crippen LogP contribution in [-0.4, -0.2) is 0 Å². The highest BCUT2D eigenvalue weighted by atomic mass is 16.3. The Morgan fingerprint density at radius 3 is 1.70 bits per heavy atom. The molecule has 2 heteroatoms. The molecule has 0 unspecified atom stereocenters. The second kappa shape index (κ2) is 13.0. The van der Waals surface area contributed by atoms with Crippen LogP contribution in [0.5, 0.6) is 0 Å². The third-order valence-corrected chi connectivity index (χ3v) is 9.12. The number of anilines is 3. The first-order chi connectivity index (χ1) is 43.9. The lowest BCUT2D eigenvalue weighted by Gasteiger charge is -2.28. The van der Waals surface area contributed by atoms with Gasteiger partial charge in [0.05, 0.1) is 43.9 Å². The number of rotatable bonds is 6. The van der Waals surface area contributed by atoms with Gasteiger partial charge in [-0.3, -0.25) is 0 Å². The molecule has 270 valence electrons. The molecule has 0 N–H and O–H groups in total. The van der Waals surface area contributed by atoms with Crippen LogP contribution in [0.25, 0.3) is 77.2 Å². The Hall–Kier alpha value is -7.16. The van der Waals surface area contributed by atoms with Gasteiger partial charge in [0, 0.05) is 52.9 Å². The summed E-state index contributed by atoms with van der Waals surface area (Å²) in [5, 5.41) is -3.10. The van der Waals surface area contributed by atoms with Crippen molar-refractivity contribution < 1.29 is 56.5 Å². The largest absolute Gasteiger partial charge is 0.455 e. The molecule has 11 rings (SSSR count). The number of hydrogen-bond acceptors (Lipinski definition) is 2. The van der Waals surface area contributed by atoms with Crippen LogP contribution in [0, 0.1) is 0 Å². The molecule has 9 aromatic carbocycles. The van der Waals surface area contributed by atoms with Crippen LogP contribution in [0.2, 0.25) is 0 Å². The highest BCUT2D eigenvalue weighted by Crippen LogP contribution is 2.51. The summed E-state index contributed by atoms with van der Waals surface area (Å²) in [7, 11) is 0. The van der Waals surface area contributed by atoms with Gasteiger partial charge in [-0.2, -0.15) is 0 Å². The van der Waals surface area contributed by atoms with Gasteiger partial charge in [-0.15, -0.1) is 0 Å². The van der Waals surface area contributed by atoms with Crippen molar-refractivity contribution in [2.45, 2.75) is 19.1 Å². The Kier molecular flexibility index (Phi) is 2.83. The van der Waals surface area contributed by atoms with Crippen LogP contribution in [-0.2, 0) is 5.41 Å². The zero-order valence-corrected chi connectivity index (χ0v) is 28.4. The summed E-state index contributed by atoms with van der Waals surface area (Å²) in [4.78, 5) is 0.308. The molecular weight excluding hydrogens is 691 g/mol. The van der Waals surface area contributed by atoms with E-state index >= 15 is 0 Å². The van der Waals surface area contributed by atoms with E-state index in [1.165, 1.54) is 0 Å². The van der Waals surface area contributed by atoms with Crippen LogP contribution < -0.4 is 4.90 Å². The van der Waals surface area contributed by atoms with Gasteiger partial charge in [-0.25, -0.2) is 0 Å². The molecule has 1 aliphatic rings. The Balaban J connectivity index is 1.34. The average molecular weight is 768 g/mol. The molecule has 1 aliphatic carbocycles. The molecule has 0 aliphatic heterocycles. The van der Waals surface area contributed by atoms with Crippen LogP contribution in [0.15, 0.2) is 204 Å². The minimum absolute atomic E-state index is 0.308. The van der Waals surface area contributed by atoms with Gasteiger partial charge in [-0.05, 0) is 103 Å². The first kappa shape index (κ1) is 12.4. The Morgan fingerprint density at radius 1 is 0.421 bits per heavy atom. The summed E-state index contributed by atoms with van der Waals surface area (Å²) < 4.78 is 350. The zero-order valence-electron chi connectivity index (χ0n) is 66.4. The Bertz CT molecular complexity index is 5120. The van der Waals surface area contributed by atoms with Crippen molar-refractivity contribution in [2.75, 3.05) is 4.90 Å². The van der Waals surface area contributed by atoms with Crippen LogP contribution in [0.3, 0.4) is 0 Å². The molecular formula is C55H39NO. The second-order valence-electron chi connectivity index (χ2n) is 12.4. The highest BCUT2D eigenvalue weighted by molar-refractivity contribution is 6.19. The smallest absolute Gasteiger partial charge is 0.143 e. The minimum atomic E-state index is -3.95. The number of nitrogens with zero attached hydrogens (tertiary/aromatic N) is 1. The lowest BCUT2D eigenvalue weighted by atomic mass is 9.82. The molecule has 1 heterocycles. The monoisotopic (exact) mass is 768 g/mol. The number of benzene rings is 9. The quantitative estimate of drug-likeness (QED) is 0.168. The van der Waals surface area contributed by atoms with Gasteiger partial charge >= 0.3 is 0 Å². The van der Waals surface area contributed by atoms with E-state index in [-0.39, 0.29) is 0 Å². The lowest BCUT2D eigenvalue weighted by Crippen LogP contribution is -2.16. The summed E-state index contributed by atoms with van der Waals surface area (Å²) in [5.41, 5.74) is -18.3. The van der Waals surface area contributed by atoms with Crippen LogP contribution in [0.1, 0.15) is 76.9 Å². The molecule has 0 bridgehead atoms. The fourth-order valence-electron chi connectivity index (χ4n) is 6.53. The summed E-state index contributed by atoms with van der Waals surface area (Å²) in [6.45, 7) is -7.90. The second-order valence-corrected chi connectivity index (χ2v) is 12.4. The third kappa shape index (κ3) is 5.40. The SMILES string of the molecule is [2H]c1c(N(c2c([2H])c([2H])c(-c3c([2H])c([2H])c([2H])c([2H])c3[2H])c([2H])c2[2H])c2c([2H])c([2H])c3c(oc4c5c([2H])c([2H])c([2H])c([2H])c5c(-c5c([2H])c([2H])c(-c6c([2H])c([2H])c([2H])c([2H])c6[2H])c([2H])c5[2H])c([2H])c43)c2[2H])cc2c(c1[2H])-c1c([2H])c([2H])c([2H])c([2H])c1C2(C([2H])([2H])[2H])C([2H])([2H])[2H]. The molecule has 1 aromatic heterocycles. The van der Waals surface area contributed by atoms with E-state index in [1.807, 2.05) is 0 Å². The summed E-state index contributed by atoms with van der Waals surface area (Å²) in [5.74, 6) is 0. The van der Waals surface area contributed by atoms with Gasteiger partial charge in [0.1, 0.15) is 11.2 Å². The van der Waals surface area contributed by atoms with Crippen molar-refractivity contribution in [3.8, 4) is 44.5 Å². The van der Waals surface area contributed by atoms with E-state index in [2.05, 4.69) is 0 Å². The van der Waals surface area contributed by atoms with E-state index in [9.17, 15) is 21.9 Å². The molecule has 0 amide bonds. The van der Waals surface area contributed by atoms with Crippen molar-refractivity contribution in [3.05, 3.63) is 211 Å². The van der Waals surface area contributed by atoms with E-state index in [4.69, 9.17) is 34.6 Å². The van der Waals surface area contributed by atoms with E-state index in [0.29, 0.717) is 11.0 Å². The molecule has 10 aromatic rings. The van der Waals surface area contributed by atoms with Crippen molar-refractivity contribution >= 4 is 49.8 Å². The van der Waals surface area contributed by atoms with Gasteiger partial charge in [0.15, 0.2) is 0 Å². The molecule has 0 spiro atoms. The summed E-state index contributed by atoms with van der Waals surface area (Å²) >= 11 is 0. The molecule has 0 saturated carbocycles. The Morgan fingerprint density at radius 2 is 0.982 bits per heavy atom. The number of hydrogen-bond donors (Lipinski definition) is 0. The molecule has 57 heavy (non-hydrogen) atoms. The maximum atomic E-state index is 10.1. The van der Waals surface area contributed by atoms with Gasteiger partial charge in [0.25, 0.3) is 0 Å². The van der Waals surface area contributed by atoms with Crippen molar-refractivity contribution in [3.63, 3.8) is 0 Å². The predicted molar refractivity (Wildman–Crippen MR) is 240 cm³/mol. The molecule has 0 saturated heterocycles. The lowest BCUT2D eigenvalue weighted by molar-refractivity contribution is 0.660. The highest BCUT2D eigenvalue weighted by Gasteiger charge is 2.35. The fourth-order valence-corrected chi connectivity index (χ4v) is 6.53. The fraction of sp³-hybridized carbons (Fsp3) is 0.0545. The number of fused-ring (bicyclic) bond motifs is 8. The maximum absolute atomic E-state index is 10.1. The van der Waals surface area contributed by atoms with Crippen molar-refractivity contribution in [1.82, 2.24) is 0 Å². The average Bonchev–Trinajstić information content (AvgIpc) is 1.52. The summed E-state index contributed by atoms with van der Waals surface area (Å²) in [6.07, 6.45) is 0. The Labute approximate surface area is 386 Å². The summed E-state index contributed by atoms with van der Waals surface area (Å²) in [6, 6.07) is -34.8. The third-order valence-electron chi connectivity index (χ3n) is 9.12. The molecule has 2 nitrogen and oxygen atoms in total. The van der Waals surface area contributed by atoms with Crippen LogP contribution in [0.4, 0.5) is 17.1 Å². The van der Waals surface area contributed by atoms with Crippen LogP contribution >= 0.6 is 0 Å². The van der Waals surface area contributed by atoms with Gasteiger partial charge < -0.3 is 9.32 Å². The molecule has 0 atom stereocenters. The minimum Gasteiger partial charge on any atom is -0.455 e. The first-order valence-corrected chi connectivity index (χ1v) is 16.7. The van der Waals surface area contributed by atoms with E-state index in [1.54, 1.807) is 0 Å². The number of furan rings is 1. The van der Waals surface area contributed by atoms with E-state index in [0.717, 1.165) is 0 Å². The zero-order chi connectivity index (χ0) is 70.9. The van der Waals surface area contributed by atoms with Crippen molar-refractivity contribution in [2.24, 2.45) is 0 Å². The van der Waals surface area contributed by atoms with Gasteiger partial charge in [-0.1, -0.05) is 165 Å². The topological polar surface area (TPSA) is 16.4 Å². The van der Waals surface area contributed by atoms with Crippen molar-refractivity contribution in [1.29, 1.82) is 0 Å². The standard InChI is InChI=1S/C55H39NO/c1-55(2)51-20-12-11-18-45(51)46-31-29-42(33-52(46)55)56(41-27-25-39(26-28-41)37-15-7-4-8-16-37)43-30-32-47-50-35-49(40-23-21-38(22-24-40)36-13-5-3-6-14-36)44-17-9-10-19-48(44)54(50)57-53(47)34-43/h3-35H,1-2H3/i1D3,2D3,3D,4D,5D,6D,7D,8D,9D,10D,11D,12D,13D,14D,15D,16D,17D,18D,19D,20D,21D,22D,23D,24D,25D,26D,27D,28D,29D,30D,31D,32D,34D,35D. The predicted octanol–water partition coefficient (Wildman–Crippen LogP) is 15.5. The molecule has 0 radical (unpaired) electrons. The maximum Gasteiger partial charge on any atom is 0.143 e. The normalized spacial score (nSPS) is 22.7. The van der Waals surface area contributed by atoms with Gasteiger partial charge in [0.2, 0.25) is 0 Å².